The molecule has 2 aromatic carbocycles. The molecule has 0 bridgehead atoms. The smallest absolute Gasteiger partial charge is 0.257 e. The normalized spacial score (nSPS) is 13.6. The molecule has 0 spiro atoms. The number of aromatic hydroxyl groups is 1. The highest BCUT2D eigenvalue weighted by Crippen LogP contribution is 2.33. The molecule has 1 aromatic heterocycles. The number of nitrogens with zero attached hydrogens (tertiary/aromatic N) is 1. The molecule has 30 heavy (non-hydrogen) atoms. The lowest BCUT2D eigenvalue weighted by Crippen LogP contribution is -2.18. The number of hydrogen-bond donors (Lipinski definition) is 3. The van der Waals surface area contributed by atoms with Crippen molar-refractivity contribution in [2.75, 3.05) is 10.0 Å². The molecule has 1 amide bonds. The van der Waals surface area contributed by atoms with Crippen LogP contribution in [0.25, 0.3) is 11.3 Å². The number of hydrogen-bond acceptors (Lipinski definition) is 5. The van der Waals surface area contributed by atoms with Gasteiger partial charge in [-0.2, -0.15) is 0 Å². The highest BCUT2D eigenvalue weighted by molar-refractivity contribution is 7.93. The van der Waals surface area contributed by atoms with Gasteiger partial charge in [-0.15, -0.1) is 0 Å². The Morgan fingerprint density at radius 2 is 1.80 bits per heavy atom. The molecule has 3 aromatic rings. The van der Waals surface area contributed by atoms with E-state index in [1.165, 1.54) is 24.4 Å². The average Bonchev–Trinajstić information content (AvgIpc) is 3.57. The summed E-state index contributed by atoms with van der Waals surface area (Å²) in [6.07, 6.45) is 2.66. The molecule has 7 nitrogen and oxygen atoms in total. The Bertz CT molecular complexity index is 1190. The van der Waals surface area contributed by atoms with E-state index < -0.39 is 21.2 Å². The van der Waals surface area contributed by atoms with Crippen LogP contribution in [0.4, 0.5) is 11.4 Å². The van der Waals surface area contributed by atoms with E-state index in [0.29, 0.717) is 34.8 Å². The predicted molar refractivity (Wildman–Crippen MR) is 116 cm³/mol. The first-order chi connectivity index (χ1) is 14.3. The number of nitrogens with one attached hydrogen (secondary N) is 2. The van der Waals surface area contributed by atoms with E-state index in [2.05, 4.69) is 15.0 Å². The summed E-state index contributed by atoms with van der Waals surface area (Å²) in [6, 6.07) is 14.8. The molecule has 0 radical (unpaired) electrons. The summed E-state index contributed by atoms with van der Waals surface area (Å²) in [5.74, 6) is -0.627. The number of benzene rings is 2. The van der Waals surface area contributed by atoms with Crippen molar-refractivity contribution in [1.29, 1.82) is 0 Å². The fourth-order valence-electron chi connectivity index (χ4n) is 2.83. The summed E-state index contributed by atoms with van der Waals surface area (Å²) in [5.41, 5.74) is 2.27. The van der Waals surface area contributed by atoms with Gasteiger partial charge in [0.05, 0.1) is 22.2 Å². The topological polar surface area (TPSA) is 108 Å². The van der Waals surface area contributed by atoms with Crippen LogP contribution < -0.4 is 10.0 Å². The zero-order valence-corrected chi connectivity index (χ0v) is 17.2. The van der Waals surface area contributed by atoms with Gasteiger partial charge in [0.25, 0.3) is 5.91 Å². The minimum absolute atomic E-state index is 0.0240. The van der Waals surface area contributed by atoms with Crippen LogP contribution in [0.15, 0.2) is 60.8 Å². The zero-order chi connectivity index (χ0) is 21.3. The van der Waals surface area contributed by atoms with E-state index in [0.717, 1.165) is 5.56 Å². The van der Waals surface area contributed by atoms with Crippen molar-refractivity contribution in [3.05, 3.63) is 71.4 Å². The lowest BCUT2D eigenvalue weighted by Gasteiger charge is -2.12. The number of sulfonamides is 1. The van der Waals surface area contributed by atoms with E-state index in [1.807, 2.05) is 12.1 Å². The second-order valence-electron chi connectivity index (χ2n) is 6.97. The molecule has 1 fully saturated rings. The Morgan fingerprint density at radius 3 is 2.43 bits per heavy atom. The van der Waals surface area contributed by atoms with Gasteiger partial charge in [0.2, 0.25) is 10.0 Å². The van der Waals surface area contributed by atoms with E-state index in [1.54, 1.807) is 24.3 Å². The third-order valence-electron chi connectivity index (χ3n) is 4.64. The monoisotopic (exact) mass is 443 g/mol. The minimum Gasteiger partial charge on any atom is -0.506 e. The van der Waals surface area contributed by atoms with Gasteiger partial charge >= 0.3 is 0 Å². The van der Waals surface area contributed by atoms with Crippen LogP contribution in [0.5, 0.6) is 5.75 Å². The van der Waals surface area contributed by atoms with Crippen molar-refractivity contribution >= 4 is 38.9 Å². The predicted octanol–water partition coefficient (Wildman–Crippen LogP) is 4.26. The zero-order valence-electron chi connectivity index (χ0n) is 15.7. The Hall–Kier alpha value is -3.10. The first kappa shape index (κ1) is 20.2. The molecule has 154 valence electrons. The maximum atomic E-state index is 12.5. The number of amides is 1. The van der Waals surface area contributed by atoms with Crippen molar-refractivity contribution in [1.82, 2.24) is 4.98 Å². The summed E-state index contributed by atoms with van der Waals surface area (Å²) in [7, 11) is -3.53. The third-order valence-corrected chi connectivity index (χ3v) is 6.74. The van der Waals surface area contributed by atoms with E-state index in [9.17, 15) is 18.3 Å². The molecule has 9 heteroatoms. The number of aromatic nitrogens is 1. The van der Waals surface area contributed by atoms with E-state index in [-0.39, 0.29) is 11.4 Å². The van der Waals surface area contributed by atoms with Crippen molar-refractivity contribution in [2.24, 2.45) is 0 Å². The molecular weight excluding hydrogens is 426 g/mol. The van der Waals surface area contributed by atoms with E-state index in [4.69, 9.17) is 11.6 Å². The van der Waals surface area contributed by atoms with Crippen molar-refractivity contribution < 1.29 is 18.3 Å². The van der Waals surface area contributed by atoms with Gasteiger partial charge in [-0.3, -0.25) is 14.5 Å². The van der Waals surface area contributed by atoms with Crippen molar-refractivity contribution in [2.45, 2.75) is 18.1 Å². The molecule has 0 aliphatic heterocycles. The lowest BCUT2D eigenvalue weighted by molar-refractivity contribution is 0.102. The number of rotatable bonds is 6. The van der Waals surface area contributed by atoms with Gasteiger partial charge < -0.3 is 10.4 Å². The Morgan fingerprint density at radius 1 is 1.07 bits per heavy atom. The molecular formula is C21H18ClN3O4S. The average molecular weight is 444 g/mol. The Labute approximate surface area is 178 Å². The first-order valence-corrected chi connectivity index (χ1v) is 11.1. The summed E-state index contributed by atoms with van der Waals surface area (Å²) < 4.78 is 26.6. The van der Waals surface area contributed by atoms with Gasteiger partial charge in [-0.05, 0) is 55.3 Å². The molecule has 1 saturated carbocycles. The Kier molecular flexibility index (Phi) is 5.36. The standard InChI is InChI=1S/C21H18ClN3O4S/c22-15-4-1-13(2-5-15)18-9-3-14(12-23-18)21(27)24-16-6-10-20(26)19(11-16)25-30(28,29)17-7-8-17/h1-6,9-12,17,25-26H,7-8H2,(H,24,27). The summed E-state index contributed by atoms with van der Waals surface area (Å²) >= 11 is 5.89. The molecule has 0 atom stereocenters. The second-order valence-corrected chi connectivity index (χ2v) is 9.37. The molecule has 0 unspecified atom stereocenters. The van der Waals surface area contributed by atoms with Gasteiger partial charge in [0.1, 0.15) is 5.75 Å². The van der Waals surface area contributed by atoms with Crippen LogP contribution in [0.2, 0.25) is 5.02 Å². The van der Waals surface area contributed by atoms with Crippen LogP contribution >= 0.6 is 11.6 Å². The highest BCUT2D eigenvalue weighted by atomic mass is 35.5. The number of carbonyl (C=O) groups excluding carboxylic acids is 1. The third kappa shape index (κ3) is 4.55. The van der Waals surface area contributed by atoms with Gasteiger partial charge in [0, 0.05) is 22.5 Å². The summed E-state index contributed by atoms with van der Waals surface area (Å²) in [6.45, 7) is 0. The van der Waals surface area contributed by atoms with Crippen LogP contribution in [-0.2, 0) is 10.0 Å². The molecule has 1 aliphatic rings. The van der Waals surface area contributed by atoms with E-state index >= 15 is 0 Å². The maximum absolute atomic E-state index is 12.5. The van der Waals surface area contributed by atoms with Crippen molar-refractivity contribution in [3.63, 3.8) is 0 Å². The Balaban J connectivity index is 1.48. The quantitative estimate of drug-likeness (QED) is 0.389. The number of carbonyl (C=O) groups is 1. The van der Waals surface area contributed by atoms with Crippen LogP contribution in [0.1, 0.15) is 23.2 Å². The van der Waals surface area contributed by atoms with Gasteiger partial charge in [-0.1, -0.05) is 23.7 Å². The van der Waals surface area contributed by atoms with Crippen LogP contribution in [-0.4, -0.2) is 29.7 Å². The largest absolute Gasteiger partial charge is 0.506 e. The number of anilines is 2. The molecule has 3 N–H and O–H groups in total. The number of halogens is 1. The minimum atomic E-state index is -3.53. The first-order valence-electron chi connectivity index (χ1n) is 9.20. The molecule has 4 rings (SSSR count). The second kappa shape index (κ2) is 7.97. The fraction of sp³-hybridized carbons (Fsp3) is 0.143. The maximum Gasteiger partial charge on any atom is 0.257 e. The van der Waals surface area contributed by atoms with Crippen molar-refractivity contribution in [3.8, 4) is 17.0 Å². The van der Waals surface area contributed by atoms with Gasteiger partial charge in [0.15, 0.2) is 0 Å². The molecule has 1 aliphatic carbocycles. The number of phenols is 1. The highest BCUT2D eigenvalue weighted by Gasteiger charge is 2.36. The fourth-order valence-corrected chi connectivity index (χ4v) is 4.35. The lowest BCUT2D eigenvalue weighted by atomic mass is 10.1. The van der Waals surface area contributed by atoms with Crippen LogP contribution in [0, 0.1) is 0 Å². The number of phenolic OH excluding ortho intramolecular Hbond substituents is 1. The summed E-state index contributed by atoms with van der Waals surface area (Å²) in [5, 5.41) is 12.8. The molecule has 0 saturated heterocycles. The summed E-state index contributed by atoms with van der Waals surface area (Å²) in [4.78, 5) is 16.8. The SMILES string of the molecule is O=C(Nc1ccc(O)c(NS(=O)(=O)C2CC2)c1)c1ccc(-c2ccc(Cl)cc2)nc1. The van der Waals surface area contributed by atoms with Gasteiger partial charge in [-0.25, -0.2) is 8.42 Å². The van der Waals surface area contributed by atoms with Crippen LogP contribution in [0.3, 0.4) is 0 Å². The molecule has 1 heterocycles. The number of pyridine rings is 1.